The molecule has 1 aliphatic heterocycles. The normalized spacial score (nSPS) is 14.9. The van der Waals surface area contributed by atoms with Crippen molar-refractivity contribution in [2.75, 3.05) is 20.2 Å². The van der Waals surface area contributed by atoms with Gasteiger partial charge in [0.1, 0.15) is 5.75 Å². The quantitative estimate of drug-likeness (QED) is 0.695. The van der Waals surface area contributed by atoms with Gasteiger partial charge in [0.2, 0.25) is 0 Å². The van der Waals surface area contributed by atoms with Gasteiger partial charge in [0, 0.05) is 31.0 Å². The number of carbonyl (C=O) groups excluding carboxylic acids is 1. The zero-order valence-electron chi connectivity index (χ0n) is 16.2. The van der Waals surface area contributed by atoms with Gasteiger partial charge in [-0.2, -0.15) is 5.10 Å². The van der Waals surface area contributed by atoms with Crippen LogP contribution in [0.3, 0.4) is 0 Å². The van der Waals surface area contributed by atoms with Gasteiger partial charge in [0.05, 0.1) is 18.5 Å². The first kappa shape index (κ1) is 18.2. The molecule has 0 unspecified atom stereocenters. The van der Waals surface area contributed by atoms with E-state index in [0.717, 1.165) is 48.6 Å². The first-order valence-corrected chi connectivity index (χ1v) is 9.60. The minimum Gasteiger partial charge on any atom is -0.497 e. The van der Waals surface area contributed by atoms with Crippen LogP contribution in [0, 0.1) is 5.92 Å². The molecular formula is C22H24N4O2. The number of hydrogen-bond donors (Lipinski definition) is 0. The third kappa shape index (κ3) is 3.63. The van der Waals surface area contributed by atoms with Crippen LogP contribution in [-0.2, 0) is 0 Å². The van der Waals surface area contributed by atoms with Gasteiger partial charge in [-0.3, -0.25) is 9.78 Å². The van der Waals surface area contributed by atoms with E-state index in [1.807, 2.05) is 47.4 Å². The maximum atomic E-state index is 13.0. The molecule has 0 N–H and O–H groups in total. The van der Waals surface area contributed by atoms with Crippen molar-refractivity contribution in [1.29, 1.82) is 0 Å². The minimum absolute atomic E-state index is 0.00991. The number of methoxy groups -OCH3 is 1. The van der Waals surface area contributed by atoms with Gasteiger partial charge in [0.15, 0.2) is 5.69 Å². The lowest BCUT2D eigenvalue weighted by molar-refractivity contribution is 0.0691. The number of carbonyl (C=O) groups is 1. The van der Waals surface area contributed by atoms with Crippen LogP contribution in [-0.4, -0.2) is 45.8 Å². The first-order chi connectivity index (χ1) is 13.7. The van der Waals surface area contributed by atoms with Crippen LogP contribution >= 0.6 is 0 Å². The molecule has 0 spiro atoms. The number of likely N-dealkylation sites (tertiary alicyclic amines) is 1. The van der Waals surface area contributed by atoms with Crippen LogP contribution in [0.15, 0.2) is 54.9 Å². The highest BCUT2D eigenvalue weighted by molar-refractivity contribution is 5.93. The summed E-state index contributed by atoms with van der Waals surface area (Å²) in [4.78, 5) is 19.2. The Balaban J connectivity index is 1.72. The number of nitrogens with zero attached hydrogens (tertiary/aromatic N) is 4. The maximum Gasteiger partial charge on any atom is 0.274 e. The third-order valence-corrected chi connectivity index (χ3v) is 5.27. The Labute approximate surface area is 164 Å². The number of piperidine rings is 1. The second-order valence-electron chi connectivity index (χ2n) is 7.24. The molecule has 28 heavy (non-hydrogen) atoms. The molecule has 0 atom stereocenters. The molecule has 6 nitrogen and oxygen atoms in total. The number of amides is 1. The predicted octanol–water partition coefficient (Wildman–Crippen LogP) is 3.82. The summed E-state index contributed by atoms with van der Waals surface area (Å²) in [6.07, 6.45) is 5.60. The lowest BCUT2D eigenvalue weighted by Crippen LogP contribution is -2.38. The molecule has 3 heterocycles. The smallest absolute Gasteiger partial charge is 0.274 e. The fraction of sp³-hybridized carbons (Fsp3) is 0.318. The number of rotatable bonds is 4. The number of ether oxygens (including phenoxy) is 1. The number of hydrogen-bond acceptors (Lipinski definition) is 4. The summed E-state index contributed by atoms with van der Waals surface area (Å²) >= 11 is 0. The number of aromatic nitrogens is 3. The molecule has 1 aromatic carbocycles. The van der Waals surface area contributed by atoms with Crippen molar-refractivity contribution in [2.24, 2.45) is 5.92 Å². The highest BCUT2D eigenvalue weighted by Crippen LogP contribution is 2.26. The zero-order valence-corrected chi connectivity index (χ0v) is 16.2. The largest absolute Gasteiger partial charge is 0.497 e. The second-order valence-corrected chi connectivity index (χ2v) is 7.24. The summed E-state index contributed by atoms with van der Waals surface area (Å²) in [6.45, 7) is 3.82. The summed E-state index contributed by atoms with van der Waals surface area (Å²) in [5.41, 5.74) is 3.08. The fourth-order valence-electron chi connectivity index (χ4n) is 3.50. The van der Waals surface area contributed by atoms with Crippen molar-refractivity contribution in [3.8, 4) is 22.7 Å². The van der Waals surface area contributed by atoms with Gasteiger partial charge >= 0.3 is 0 Å². The Morgan fingerprint density at radius 3 is 2.54 bits per heavy atom. The highest BCUT2D eigenvalue weighted by atomic mass is 16.5. The molecule has 1 fully saturated rings. The van der Waals surface area contributed by atoms with E-state index in [1.165, 1.54) is 0 Å². The molecule has 0 bridgehead atoms. The van der Waals surface area contributed by atoms with Gasteiger partial charge in [-0.05, 0) is 61.2 Å². The molecular weight excluding hydrogens is 352 g/mol. The van der Waals surface area contributed by atoms with Crippen LogP contribution in [0.2, 0.25) is 0 Å². The Morgan fingerprint density at radius 1 is 1.14 bits per heavy atom. The first-order valence-electron chi connectivity index (χ1n) is 9.60. The van der Waals surface area contributed by atoms with Crippen molar-refractivity contribution in [2.45, 2.75) is 19.8 Å². The van der Waals surface area contributed by atoms with Crippen molar-refractivity contribution in [3.05, 3.63) is 60.6 Å². The average molecular weight is 376 g/mol. The van der Waals surface area contributed by atoms with E-state index in [-0.39, 0.29) is 5.91 Å². The van der Waals surface area contributed by atoms with Crippen molar-refractivity contribution >= 4 is 5.91 Å². The van der Waals surface area contributed by atoms with E-state index < -0.39 is 0 Å². The molecule has 1 saturated heterocycles. The average Bonchev–Trinajstić information content (AvgIpc) is 3.20. The Kier molecular flexibility index (Phi) is 5.10. The van der Waals surface area contributed by atoms with Crippen molar-refractivity contribution in [3.63, 3.8) is 0 Å². The standard InChI is InChI=1S/C22H24N4O2/c1-16-9-12-25(13-10-16)22(27)20-14-21(17-4-3-11-23-15-17)26(24-20)18-5-7-19(28-2)8-6-18/h3-8,11,14-16H,9-10,12-13H2,1-2H3. The molecule has 0 aliphatic carbocycles. The molecule has 0 saturated carbocycles. The summed E-state index contributed by atoms with van der Waals surface area (Å²) in [5.74, 6) is 1.44. The minimum atomic E-state index is -0.00991. The SMILES string of the molecule is COc1ccc(-n2nc(C(=O)N3CCC(C)CC3)cc2-c2cccnc2)cc1. The lowest BCUT2D eigenvalue weighted by atomic mass is 9.99. The molecule has 1 amide bonds. The third-order valence-electron chi connectivity index (χ3n) is 5.27. The van der Waals surface area contributed by atoms with Gasteiger partial charge in [-0.1, -0.05) is 6.92 Å². The van der Waals surface area contributed by atoms with Gasteiger partial charge in [-0.25, -0.2) is 4.68 Å². The molecule has 1 aliphatic rings. The van der Waals surface area contributed by atoms with Crippen LogP contribution in [0.5, 0.6) is 5.75 Å². The Morgan fingerprint density at radius 2 is 1.89 bits per heavy atom. The van der Waals surface area contributed by atoms with Gasteiger partial charge in [-0.15, -0.1) is 0 Å². The Bertz CT molecular complexity index is 942. The van der Waals surface area contributed by atoms with Crippen molar-refractivity contribution in [1.82, 2.24) is 19.7 Å². The van der Waals surface area contributed by atoms with E-state index >= 15 is 0 Å². The highest BCUT2D eigenvalue weighted by Gasteiger charge is 2.25. The van der Waals surface area contributed by atoms with E-state index in [4.69, 9.17) is 4.74 Å². The predicted molar refractivity (Wildman–Crippen MR) is 108 cm³/mol. The van der Waals surface area contributed by atoms with E-state index in [1.54, 1.807) is 24.2 Å². The second kappa shape index (κ2) is 7.84. The van der Waals surface area contributed by atoms with Gasteiger partial charge < -0.3 is 9.64 Å². The summed E-state index contributed by atoms with van der Waals surface area (Å²) in [7, 11) is 1.64. The maximum absolute atomic E-state index is 13.0. The summed E-state index contributed by atoms with van der Waals surface area (Å²) in [6, 6.07) is 13.4. The molecule has 6 heteroatoms. The molecule has 0 radical (unpaired) electrons. The number of benzene rings is 1. The molecule has 2 aromatic heterocycles. The Hall–Kier alpha value is -3.15. The van der Waals surface area contributed by atoms with Gasteiger partial charge in [0.25, 0.3) is 5.91 Å². The topological polar surface area (TPSA) is 60.3 Å². The summed E-state index contributed by atoms with van der Waals surface area (Å²) < 4.78 is 7.05. The monoisotopic (exact) mass is 376 g/mol. The molecule has 4 rings (SSSR count). The fourth-order valence-corrected chi connectivity index (χ4v) is 3.50. The van der Waals surface area contributed by atoms with Crippen LogP contribution in [0.4, 0.5) is 0 Å². The van der Waals surface area contributed by atoms with E-state index in [9.17, 15) is 4.79 Å². The molecule has 3 aromatic rings. The van der Waals surface area contributed by atoms with Crippen LogP contribution in [0.25, 0.3) is 16.9 Å². The van der Waals surface area contributed by atoms with Crippen LogP contribution < -0.4 is 4.74 Å². The number of pyridine rings is 1. The van der Waals surface area contributed by atoms with E-state index in [0.29, 0.717) is 11.6 Å². The van der Waals surface area contributed by atoms with Crippen molar-refractivity contribution < 1.29 is 9.53 Å². The van der Waals surface area contributed by atoms with E-state index in [2.05, 4.69) is 17.0 Å². The van der Waals surface area contributed by atoms with Crippen LogP contribution in [0.1, 0.15) is 30.3 Å². The summed E-state index contributed by atoms with van der Waals surface area (Å²) in [5, 5.41) is 4.66. The molecule has 144 valence electrons. The zero-order chi connectivity index (χ0) is 19.5. The lowest BCUT2D eigenvalue weighted by Gasteiger charge is -2.29.